The first-order valence-electron chi connectivity index (χ1n) is 4.56. The molecule has 1 aliphatic rings. The fraction of sp³-hybridized carbons (Fsp3) is 0.556. The van der Waals surface area contributed by atoms with Gasteiger partial charge in [0.15, 0.2) is 0 Å². The number of aliphatic hydroxyl groups excluding tert-OH is 1. The Balaban J connectivity index is 1.84. The van der Waals surface area contributed by atoms with E-state index in [4.69, 9.17) is 9.63 Å². The van der Waals surface area contributed by atoms with Crippen LogP contribution in [0.5, 0.6) is 0 Å². The van der Waals surface area contributed by atoms with Crippen molar-refractivity contribution in [1.82, 2.24) is 10.5 Å². The second-order valence-corrected chi connectivity index (χ2v) is 3.72. The summed E-state index contributed by atoms with van der Waals surface area (Å²) >= 11 is 0. The topological polar surface area (TPSA) is 75.4 Å². The molecular formula is C9H12N2O3. The summed E-state index contributed by atoms with van der Waals surface area (Å²) in [5.74, 6) is -0.0686. The fourth-order valence-electron chi connectivity index (χ4n) is 1.26. The number of rotatable bonds is 4. The third-order valence-electron chi connectivity index (χ3n) is 2.58. The van der Waals surface area contributed by atoms with E-state index in [1.165, 1.54) is 12.3 Å². The van der Waals surface area contributed by atoms with E-state index in [1.807, 2.05) is 0 Å². The van der Waals surface area contributed by atoms with E-state index in [1.54, 1.807) is 0 Å². The Hall–Kier alpha value is -1.36. The van der Waals surface area contributed by atoms with Crippen molar-refractivity contribution in [3.63, 3.8) is 0 Å². The first-order chi connectivity index (χ1) is 6.76. The standard InChI is InChI=1S/C9H12N2O3/c12-6-9(2-3-9)5-10-8(13)7-1-4-11-14-7/h1,4,12H,2-3,5-6H2,(H,10,13). The second kappa shape index (κ2) is 3.42. The minimum Gasteiger partial charge on any atom is -0.396 e. The molecule has 5 heteroatoms. The van der Waals surface area contributed by atoms with Gasteiger partial charge in [0.1, 0.15) is 0 Å². The molecule has 5 nitrogen and oxygen atoms in total. The van der Waals surface area contributed by atoms with Crippen molar-refractivity contribution >= 4 is 5.91 Å². The summed E-state index contributed by atoms with van der Waals surface area (Å²) < 4.78 is 4.69. The number of amides is 1. The molecule has 2 rings (SSSR count). The van der Waals surface area contributed by atoms with Crippen molar-refractivity contribution in [2.45, 2.75) is 12.8 Å². The van der Waals surface area contributed by atoms with Gasteiger partial charge >= 0.3 is 0 Å². The van der Waals surface area contributed by atoms with Gasteiger partial charge in [-0.25, -0.2) is 0 Å². The Bertz CT molecular complexity index is 317. The average molecular weight is 196 g/mol. The lowest BCUT2D eigenvalue weighted by Gasteiger charge is -2.11. The summed E-state index contributed by atoms with van der Waals surface area (Å²) in [7, 11) is 0. The van der Waals surface area contributed by atoms with Crippen molar-refractivity contribution in [2.24, 2.45) is 5.41 Å². The molecule has 1 heterocycles. The van der Waals surface area contributed by atoms with Crippen LogP contribution in [0.4, 0.5) is 0 Å². The van der Waals surface area contributed by atoms with Crippen molar-refractivity contribution < 1.29 is 14.4 Å². The van der Waals surface area contributed by atoms with Gasteiger partial charge in [0.2, 0.25) is 5.76 Å². The van der Waals surface area contributed by atoms with E-state index in [9.17, 15) is 4.79 Å². The van der Waals surface area contributed by atoms with Gasteiger partial charge in [-0.3, -0.25) is 4.79 Å². The third kappa shape index (κ3) is 1.77. The van der Waals surface area contributed by atoms with Crippen LogP contribution in [0.1, 0.15) is 23.4 Å². The van der Waals surface area contributed by atoms with Crippen LogP contribution >= 0.6 is 0 Å². The number of hydrogen-bond donors (Lipinski definition) is 2. The number of aromatic nitrogens is 1. The number of carbonyl (C=O) groups excluding carboxylic acids is 1. The Morgan fingerprint density at radius 2 is 2.50 bits per heavy atom. The second-order valence-electron chi connectivity index (χ2n) is 3.72. The average Bonchev–Trinajstić information content (AvgIpc) is 2.78. The molecule has 2 N–H and O–H groups in total. The number of nitrogens with one attached hydrogen (secondary N) is 1. The molecular weight excluding hydrogens is 184 g/mol. The molecule has 76 valence electrons. The SMILES string of the molecule is O=C(NCC1(CO)CC1)c1ccno1. The quantitative estimate of drug-likeness (QED) is 0.720. The van der Waals surface area contributed by atoms with E-state index >= 15 is 0 Å². The van der Waals surface area contributed by atoms with Crippen molar-refractivity contribution in [2.75, 3.05) is 13.2 Å². The lowest BCUT2D eigenvalue weighted by molar-refractivity contribution is 0.0898. The Morgan fingerprint density at radius 1 is 1.71 bits per heavy atom. The highest BCUT2D eigenvalue weighted by molar-refractivity contribution is 5.91. The number of nitrogens with zero attached hydrogens (tertiary/aromatic N) is 1. The molecule has 1 aromatic rings. The molecule has 1 aliphatic carbocycles. The maximum atomic E-state index is 11.4. The number of hydrogen-bond acceptors (Lipinski definition) is 4. The van der Waals surface area contributed by atoms with E-state index in [0.29, 0.717) is 6.54 Å². The summed E-state index contributed by atoms with van der Waals surface area (Å²) in [5, 5.41) is 15.2. The zero-order chi connectivity index (χ0) is 10.0. The summed E-state index contributed by atoms with van der Waals surface area (Å²) in [6.45, 7) is 0.632. The Labute approximate surface area is 81.1 Å². The van der Waals surface area contributed by atoms with Crippen LogP contribution in [0.2, 0.25) is 0 Å². The fourth-order valence-corrected chi connectivity index (χ4v) is 1.26. The van der Waals surface area contributed by atoms with Crippen LogP contribution in [-0.4, -0.2) is 29.3 Å². The molecule has 0 aliphatic heterocycles. The Kier molecular flexibility index (Phi) is 2.25. The van der Waals surface area contributed by atoms with Crippen LogP contribution in [0.3, 0.4) is 0 Å². The molecule has 1 amide bonds. The lowest BCUT2D eigenvalue weighted by atomic mass is 10.1. The van der Waals surface area contributed by atoms with Crippen LogP contribution in [0, 0.1) is 5.41 Å². The predicted molar refractivity (Wildman–Crippen MR) is 47.6 cm³/mol. The highest BCUT2D eigenvalue weighted by Crippen LogP contribution is 2.44. The first kappa shape index (κ1) is 9.21. The molecule has 14 heavy (non-hydrogen) atoms. The van der Waals surface area contributed by atoms with Gasteiger partial charge in [0, 0.05) is 18.0 Å². The molecule has 0 bridgehead atoms. The van der Waals surface area contributed by atoms with E-state index in [2.05, 4.69) is 10.5 Å². The van der Waals surface area contributed by atoms with Crippen LogP contribution in [-0.2, 0) is 0 Å². The number of carbonyl (C=O) groups is 1. The summed E-state index contributed by atoms with van der Waals surface area (Å²) in [5.41, 5.74) is -0.0737. The summed E-state index contributed by atoms with van der Waals surface area (Å²) in [6.07, 6.45) is 3.37. The van der Waals surface area contributed by atoms with Gasteiger partial charge in [-0.2, -0.15) is 0 Å². The van der Waals surface area contributed by atoms with Crippen molar-refractivity contribution in [3.8, 4) is 0 Å². The molecule has 1 fully saturated rings. The molecule has 0 aromatic carbocycles. The number of aliphatic hydroxyl groups is 1. The maximum absolute atomic E-state index is 11.4. The van der Waals surface area contributed by atoms with Gasteiger partial charge in [-0.15, -0.1) is 0 Å². The largest absolute Gasteiger partial charge is 0.396 e. The molecule has 0 saturated heterocycles. The normalized spacial score (nSPS) is 17.8. The molecule has 0 atom stereocenters. The van der Waals surface area contributed by atoms with Gasteiger partial charge in [-0.1, -0.05) is 5.16 Å². The van der Waals surface area contributed by atoms with Crippen LogP contribution < -0.4 is 5.32 Å². The van der Waals surface area contributed by atoms with Gasteiger partial charge in [-0.05, 0) is 12.8 Å². The van der Waals surface area contributed by atoms with Gasteiger partial charge in [0.05, 0.1) is 12.8 Å². The molecule has 0 unspecified atom stereocenters. The summed E-state index contributed by atoms with van der Waals surface area (Å²) in [6, 6.07) is 1.51. The lowest BCUT2D eigenvalue weighted by Crippen LogP contribution is -2.31. The zero-order valence-electron chi connectivity index (χ0n) is 7.69. The molecule has 0 radical (unpaired) electrons. The highest BCUT2D eigenvalue weighted by Gasteiger charge is 2.42. The highest BCUT2D eigenvalue weighted by atomic mass is 16.5. The third-order valence-corrected chi connectivity index (χ3v) is 2.58. The predicted octanol–water partition coefficient (Wildman–Crippen LogP) is 0.177. The minimum absolute atomic E-state index is 0.0737. The minimum atomic E-state index is -0.276. The first-order valence-corrected chi connectivity index (χ1v) is 4.56. The van der Waals surface area contributed by atoms with E-state index in [-0.39, 0.29) is 23.7 Å². The van der Waals surface area contributed by atoms with Crippen LogP contribution in [0.15, 0.2) is 16.8 Å². The van der Waals surface area contributed by atoms with Crippen molar-refractivity contribution in [1.29, 1.82) is 0 Å². The maximum Gasteiger partial charge on any atom is 0.289 e. The smallest absolute Gasteiger partial charge is 0.289 e. The van der Waals surface area contributed by atoms with Gasteiger partial charge < -0.3 is 14.9 Å². The van der Waals surface area contributed by atoms with Crippen LogP contribution in [0.25, 0.3) is 0 Å². The van der Waals surface area contributed by atoms with E-state index in [0.717, 1.165) is 12.8 Å². The monoisotopic (exact) mass is 196 g/mol. The Morgan fingerprint density at radius 3 is 3.00 bits per heavy atom. The molecule has 1 aromatic heterocycles. The summed E-state index contributed by atoms with van der Waals surface area (Å²) in [4.78, 5) is 11.4. The van der Waals surface area contributed by atoms with Gasteiger partial charge in [0.25, 0.3) is 5.91 Å². The molecule has 0 spiro atoms. The zero-order valence-corrected chi connectivity index (χ0v) is 7.69. The van der Waals surface area contributed by atoms with Crippen molar-refractivity contribution in [3.05, 3.63) is 18.0 Å². The van der Waals surface area contributed by atoms with E-state index < -0.39 is 0 Å². The molecule has 1 saturated carbocycles.